The van der Waals surface area contributed by atoms with Crippen molar-refractivity contribution in [3.63, 3.8) is 0 Å². The van der Waals surface area contributed by atoms with Gasteiger partial charge < -0.3 is 5.73 Å². The van der Waals surface area contributed by atoms with Gasteiger partial charge in [0.15, 0.2) is 0 Å². The van der Waals surface area contributed by atoms with Crippen molar-refractivity contribution in [1.29, 1.82) is 0 Å². The predicted molar refractivity (Wildman–Crippen MR) is 65.0 cm³/mol. The summed E-state index contributed by atoms with van der Waals surface area (Å²) in [6.07, 6.45) is 2.15. The van der Waals surface area contributed by atoms with Crippen LogP contribution >= 0.6 is 0 Å². The molecule has 0 bridgehead atoms. The van der Waals surface area contributed by atoms with Crippen molar-refractivity contribution in [3.8, 4) is 0 Å². The maximum Gasteiger partial charge on any atom is 0.123 e. The number of rotatable bonds is 3. The minimum Gasteiger partial charge on any atom is -0.330 e. The third kappa shape index (κ3) is 1.99. The van der Waals surface area contributed by atoms with Crippen LogP contribution in [0.15, 0.2) is 18.2 Å². The molecule has 1 aliphatic rings. The van der Waals surface area contributed by atoms with Gasteiger partial charge in [-0.3, -0.25) is 0 Å². The van der Waals surface area contributed by atoms with Gasteiger partial charge in [0.25, 0.3) is 0 Å². The van der Waals surface area contributed by atoms with Crippen LogP contribution in [0.5, 0.6) is 0 Å². The summed E-state index contributed by atoms with van der Waals surface area (Å²) < 4.78 is 13.3. The molecule has 2 unspecified atom stereocenters. The van der Waals surface area contributed by atoms with E-state index in [0.717, 1.165) is 12.8 Å². The van der Waals surface area contributed by atoms with E-state index in [1.54, 1.807) is 12.1 Å². The van der Waals surface area contributed by atoms with E-state index in [-0.39, 0.29) is 5.82 Å². The second-order valence-electron chi connectivity index (χ2n) is 5.13. The van der Waals surface area contributed by atoms with Crippen LogP contribution in [0.4, 0.5) is 4.39 Å². The van der Waals surface area contributed by atoms with Gasteiger partial charge in [0.2, 0.25) is 0 Å². The van der Waals surface area contributed by atoms with Gasteiger partial charge >= 0.3 is 0 Å². The van der Waals surface area contributed by atoms with Crippen molar-refractivity contribution in [3.05, 3.63) is 35.1 Å². The van der Waals surface area contributed by atoms with Gasteiger partial charge in [-0.15, -0.1) is 0 Å². The molecule has 2 heteroatoms. The predicted octanol–water partition coefficient (Wildman–Crippen LogP) is 3.40. The molecule has 0 heterocycles. The molecule has 0 radical (unpaired) electrons. The number of benzene rings is 1. The molecule has 2 rings (SSSR count). The Morgan fingerprint density at radius 1 is 1.38 bits per heavy atom. The Morgan fingerprint density at radius 2 is 2.12 bits per heavy atom. The fraction of sp³-hybridized carbons (Fsp3) is 0.571. The summed E-state index contributed by atoms with van der Waals surface area (Å²) in [7, 11) is 0. The first-order chi connectivity index (χ1) is 7.63. The van der Waals surface area contributed by atoms with E-state index in [0.29, 0.717) is 24.3 Å². The highest BCUT2D eigenvalue weighted by atomic mass is 19.1. The Morgan fingerprint density at radius 3 is 2.75 bits per heavy atom. The number of halogens is 1. The lowest BCUT2D eigenvalue weighted by atomic mass is 9.89. The monoisotopic (exact) mass is 221 g/mol. The fourth-order valence-corrected chi connectivity index (χ4v) is 2.90. The Hall–Kier alpha value is -0.890. The Kier molecular flexibility index (Phi) is 3.29. The van der Waals surface area contributed by atoms with Crippen molar-refractivity contribution >= 4 is 0 Å². The Bertz CT molecular complexity index is 373. The summed E-state index contributed by atoms with van der Waals surface area (Å²) >= 11 is 0. The molecule has 0 aliphatic heterocycles. The van der Waals surface area contributed by atoms with Crippen LogP contribution in [0, 0.1) is 11.7 Å². The van der Waals surface area contributed by atoms with Gasteiger partial charge in [0.05, 0.1) is 0 Å². The van der Waals surface area contributed by atoms with E-state index >= 15 is 0 Å². The molecule has 1 aliphatic carbocycles. The Labute approximate surface area is 96.9 Å². The molecule has 0 fully saturated rings. The first kappa shape index (κ1) is 11.6. The molecule has 1 nitrogen and oxygen atoms in total. The lowest BCUT2D eigenvalue weighted by molar-refractivity contribution is 0.456. The Balaban J connectivity index is 2.36. The third-order valence-corrected chi connectivity index (χ3v) is 3.75. The summed E-state index contributed by atoms with van der Waals surface area (Å²) in [5, 5.41) is 0. The average molecular weight is 221 g/mol. The quantitative estimate of drug-likeness (QED) is 0.831. The molecular formula is C14H20FN. The SMILES string of the molecule is CC(C)C1CC(CCN)c2ccc(F)cc21. The minimum atomic E-state index is -0.113. The first-order valence-corrected chi connectivity index (χ1v) is 6.13. The van der Waals surface area contributed by atoms with E-state index in [4.69, 9.17) is 5.73 Å². The highest BCUT2D eigenvalue weighted by Gasteiger charge is 2.32. The zero-order valence-corrected chi connectivity index (χ0v) is 10.0. The molecule has 0 saturated carbocycles. The summed E-state index contributed by atoms with van der Waals surface area (Å²) in [6, 6.07) is 5.24. The van der Waals surface area contributed by atoms with Crippen LogP contribution in [-0.2, 0) is 0 Å². The molecule has 0 aromatic heterocycles. The highest BCUT2D eigenvalue weighted by Crippen LogP contribution is 2.46. The maximum atomic E-state index is 13.3. The van der Waals surface area contributed by atoms with Crippen LogP contribution in [0.25, 0.3) is 0 Å². The zero-order valence-electron chi connectivity index (χ0n) is 10.0. The number of hydrogen-bond donors (Lipinski definition) is 1. The molecule has 1 aromatic carbocycles. The smallest absolute Gasteiger partial charge is 0.123 e. The molecule has 0 saturated heterocycles. The van der Waals surface area contributed by atoms with Crippen molar-refractivity contribution in [1.82, 2.24) is 0 Å². The van der Waals surface area contributed by atoms with Crippen molar-refractivity contribution in [2.45, 2.75) is 38.5 Å². The zero-order chi connectivity index (χ0) is 11.7. The standard InChI is InChI=1S/C14H20FN/c1-9(2)13-7-10(5-6-16)12-4-3-11(15)8-14(12)13/h3-4,8-10,13H,5-7,16H2,1-2H3. The lowest BCUT2D eigenvalue weighted by Gasteiger charge is -2.15. The third-order valence-electron chi connectivity index (χ3n) is 3.75. The van der Waals surface area contributed by atoms with Crippen LogP contribution in [0.1, 0.15) is 49.7 Å². The maximum absolute atomic E-state index is 13.3. The molecule has 0 amide bonds. The molecular weight excluding hydrogens is 201 g/mol. The number of fused-ring (bicyclic) bond motifs is 1. The van der Waals surface area contributed by atoms with E-state index in [9.17, 15) is 4.39 Å². The highest BCUT2D eigenvalue weighted by molar-refractivity contribution is 5.39. The van der Waals surface area contributed by atoms with E-state index in [2.05, 4.69) is 13.8 Å². The van der Waals surface area contributed by atoms with E-state index in [1.807, 2.05) is 6.07 Å². The van der Waals surface area contributed by atoms with E-state index in [1.165, 1.54) is 11.1 Å². The summed E-state index contributed by atoms with van der Waals surface area (Å²) in [5.41, 5.74) is 8.18. The molecule has 16 heavy (non-hydrogen) atoms. The molecule has 2 atom stereocenters. The van der Waals surface area contributed by atoms with Crippen LogP contribution in [0.2, 0.25) is 0 Å². The molecule has 88 valence electrons. The average Bonchev–Trinajstić information content (AvgIpc) is 2.57. The van der Waals surface area contributed by atoms with Crippen LogP contribution in [-0.4, -0.2) is 6.54 Å². The van der Waals surface area contributed by atoms with Crippen LogP contribution < -0.4 is 5.73 Å². The second-order valence-corrected chi connectivity index (χ2v) is 5.13. The minimum absolute atomic E-state index is 0.113. The van der Waals surface area contributed by atoms with Gasteiger partial charge in [-0.05, 0) is 60.4 Å². The van der Waals surface area contributed by atoms with Crippen LogP contribution in [0.3, 0.4) is 0 Å². The van der Waals surface area contributed by atoms with Gasteiger partial charge in [-0.2, -0.15) is 0 Å². The number of hydrogen-bond acceptors (Lipinski definition) is 1. The topological polar surface area (TPSA) is 26.0 Å². The summed E-state index contributed by atoms with van der Waals surface area (Å²) in [6.45, 7) is 5.14. The summed E-state index contributed by atoms with van der Waals surface area (Å²) in [5.74, 6) is 1.50. The fourth-order valence-electron chi connectivity index (χ4n) is 2.90. The van der Waals surface area contributed by atoms with Gasteiger partial charge in [0.1, 0.15) is 5.82 Å². The number of nitrogens with two attached hydrogens (primary N) is 1. The van der Waals surface area contributed by atoms with Gasteiger partial charge in [0, 0.05) is 0 Å². The largest absolute Gasteiger partial charge is 0.330 e. The normalized spacial score (nSPS) is 23.8. The van der Waals surface area contributed by atoms with Crippen molar-refractivity contribution in [2.24, 2.45) is 11.7 Å². The van der Waals surface area contributed by atoms with E-state index < -0.39 is 0 Å². The summed E-state index contributed by atoms with van der Waals surface area (Å²) in [4.78, 5) is 0. The lowest BCUT2D eigenvalue weighted by Crippen LogP contribution is -2.06. The molecule has 1 aromatic rings. The molecule has 0 spiro atoms. The molecule has 2 N–H and O–H groups in total. The first-order valence-electron chi connectivity index (χ1n) is 6.13. The van der Waals surface area contributed by atoms with Crippen molar-refractivity contribution in [2.75, 3.05) is 6.54 Å². The second kappa shape index (κ2) is 4.54. The van der Waals surface area contributed by atoms with Gasteiger partial charge in [-0.1, -0.05) is 19.9 Å². The van der Waals surface area contributed by atoms with Crippen molar-refractivity contribution < 1.29 is 4.39 Å². The van der Waals surface area contributed by atoms with Gasteiger partial charge in [-0.25, -0.2) is 4.39 Å².